The number of furan rings is 1. The average Bonchev–Trinajstić information content (AvgIpc) is 3.29. The van der Waals surface area contributed by atoms with Gasteiger partial charge in [0.25, 0.3) is 5.91 Å². The predicted molar refractivity (Wildman–Crippen MR) is 108 cm³/mol. The SMILES string of the molecule is Cc1oc(-c2ccccc2)cc1C(=O)Nc1ncc(Cc2ccccc2)s1. The number of nitrogens with one attached hydrogen (secondary N) is 1. The highest BCUT2D eigenvalue weighted by atomic mass is 32.1. The molecule has 4 nitrogen and oxygen atoms in total. The number of aromatic nitrogens is 1. The molecule has 2 heterocycles. The summed E-state index contributed by atoms with van der Waals surface area (Å²) in [7, 11) is 0. The van der Waals surface area contributed by atoms with Crippen LogP contribution < -0.4 is 5.32 Å². The van der Waals surface area contributed by atoms with Crippen LogP contribution in [0.1, 0.15) is 26.6 Å². The second kappa shape index (κ2) is 7.60. The molecule has 2 aromatic carbocycles. The molecule has 0 fully saturated rings. The van der Waals surface area contributed by atoms with Crippen LogP contribution in [0.15, 0.2) is 77.3 Å². The summed E-state index contributed by atoms with van der Waals surface area (Å²) in [6.07, 6.45) is 2.61. The Hall–Kier alpha value is -3.18. The molecule has 0 bridgehead atoms. The van der Waals surface area contributed by atoms with E-state index in [9.17, 15) is 4.79 Å². The van der Waals surface area contributed by atoms with Crippen molar-refractivity contribution in [3.63, 3.8) is 0 Å². The lowest BCUT2D eigenvalue weighted by Gasteiger charge is -1.99. The molecule has 5 heteroatoms. The summed E-state index contributed by atoms with van der Waals surface area (Å²) in [6, 6.07) is 21.7. The molecule has 1 amide bonds. The van der Waals surface area contributed by atoms with E-state index < -0.39 is 0 Å². The standard InChI is InChI=1S/C22H18N2O2S/c1-15-19(13-20(26-15)17-10-6-3-7-11-17)21(25)24-22-23-14-18(27-22)12-16-8-4-2-5-9-16/h2-11,13-14H,12H2,1H3,(H,23,24,25). The van der Waals surface area contributed by atoms with Gasteiger partial charge in [-0.05, 0) is 18.6 Å². The summed E-state index contributed by atoms with van der Waals surface area (Å²) in [5, 5.41) is 3.47. The molecule has 0 radical (unpaired) electrons. The van der Waals surface area contributed by atoms with E-state index in [-0.39, 0.29) is 5.91 Å². The van der Waals surface area contributed by atoms with Gasteiger partial charge in [-0.15, -0.1) is 11.3 Å². The number of anilines is 1. The van der Waals surface area contributed by atoms with Gasteiger partial charge in [0.1, 0.15) is 11.5 Å². The van der Waals surface area contributed by atoms with Gasteiger partial charge >= 0.3 is 0 Å². The third-order valence-electron chi connectivity index (χ3n) is 4.22. The Balaban J connectivity index is 1.48. The highest BCUT2D eigenvalue weighted by Crippen LogP contribution is 2.27. The Morgan fingerprint density at radius 1 is 1.07 bits per heavy atom. The largest absolute Gasteiger partial charge is 0.461 e. The minimum absolute atomic E-state index is 0.209. The minimum atomic E-state index is -0.209. The molecule has 0 aliphatic heterocycles. The first-order valence-corrected chi connectivity index (χ1v) is 9.46. The molecule has 0 aliphatic carbocycles. The summed E-state index contributed by atoms with van der Waals surface area (Å²) in [5.74, 6) is 1.06. The van der Waals surface area contributed by atoms with E-state index in [1.54, 1.807) is 13.0 Å². The van der Waals surface area contributed by atoms with Crippen molar-refractivity contribution >= 4 is 22.4 Å². The van der Waals surface area contributed by atoms with Crippen LogP contribution >= 0.6 is 11.3 Å². The summed E-state index contributed by atoms with van der Waals surface area (Å²) >= 11 is 1.49. The van der Waals surface area contributed by atoms with Crippen molar-refractivity contribution < 1.29 is 9.21 Å². The lowest BCUT2D eigenvalue weighted by molar-refractivity contribution is 0.102. The zero-order chi connectivity index (χ0) is 18.6. The monoisotopic (exact) mass is 374 g/mol. The fourth-order valence-corrected chi connectivity index (χ4v) is 3.70. The molecule has 0 saturated carbocycles. The number of carbonyl (C=O) groups is 1. The summed E-state index contributed by atoms with van der Waals surface area (Å²) in [5.41, 5.74) is 2.69. The zero-order valence-electron chi connectivity index (χ0n) is 14.8. The van der Waals surface area contributed by atoms with Crippen LogP contribution in [0, 0.1) is 6.92 Å². The van der Waals surface area contributed by atoms with Crippen LogP contribution in [0.25, 0.3) is 11.3 Å². The number of hydrogen-bond acceptors (Lipinski definition) is 4. The minimum Gasteiger partial charge on any atom is -0.461 e. The Bertz CT molecular complexity index is 1050. The van der Waals surface area contributed by atoms with Crippen molar-refractivity contribution in [2.45, 2.75) is 13.3 Å². The van der Waals surface area contributed by atoms with E-state index >= 15 is 0 Å². The van der Waals surface area contributed by atoms with Crippen LogP contribution in [0.2, 0.25) is 0 Å². The molecule has 4 rings (SSSR count). The second-order valence-corrected chi connectivity index (χ2v) is 7.31. The van der Waals surface area contributed by atoms with Crippen LogP contribution in [0.5, 0.6) is 0 Å². The summed E-state index contributed by atoms with van der Waals surface area (Å²) in [4.78, 5) is 18.1. The third-order valence-corrected chi connectivity index (χ3v) is 5.13. The lowest BCUT2D eigenvalue weighted by atomic mass is 10.1. The van der Waals surface area contributed by atoms with Gasteiger partial charge in [-0.2, -0.15) is 0 Å². The molecule has 0 spiro atoms. The van der Waals surface area contributed by atoms with E-state index in [0.717, 1.165) is 16.9 Å². The smallest absolute Gasteiger partial charge is 0.261 e. The maximum atomic E-state index is 12.6. The molecular weight excluding hydrogens is 356 g/mol. The number of benzene rings is 2. The van der Waals surface area contributed by atoms with E-state index in [1.165, 1.54) is 16.9 Å². The van der Waals surface area contributed by atoms with Gasteiger partial charge in [0.15, 0.2) is 5.13 Å². The normalized spacial score (nSPS) is 10.7. The Morgan fingerprint density at radius 2 is 1.78 bits per heavy atom. The van der Waals surface area contributed by atoms with Gasteiger partial charge in [0, 0.05) is 23.1 Å². The molecule has 1 N–H and O–H groups in total. The van der Waals surface area contributed by atoms with E-state index in [2.05, 4.69) is 22.4 Å². The molecule has 0 unspecified atom stereocenters. The number of thiazole rings is 1. The Labute approximate surface area is 161 Å². The highest BCUT2D eigenvalue weighted by Gasteiger charge is 2.17. The first kappa shape index (κ1) is 17.2. The van der Waals surface area contributed by atoms with Gasteiger partial charge in [-0.3, -0.25) is 10.1 Å². The Morgan fingerprint density at radius 3 is 2.52 bits per heavy atom. The van der Waals surface area contributed by atoms with Crippen LogP contribution in [-0.4, -0.2) is 10.9 Å². The first-order chi connectivity index (χ1) is 13.2. The van der Waals surface area contributed by atoms with Crippen molar-refractivity contribution in [2.75, 3.05) is 5.32 Å². The molecule has 0 aliphatic rings. The van der Waals surface area contributed by atoms with Crippen molar-refractivity contribution in [3.05, 3.63) is 94.7 Å². The summed E-state index contributed by atoms with van der Waals surface area (Å²) in [6.45, 7) is 1.80. The van der Waals surface area contributed by atoms with Gasteiger partial charge < -0.3 is 4.42 Å². The topological polar surface area (TPSA) is 55.1 Å². The molecule has 4 aromatic rings. The molecule has 0 saturated heterocycles. The zero-order valence-corrected chi connectivity index (χ0v) is 15.6. The molecule has 134 valence electrons. The van der Waals surface area contributed by atoms with Crippen molar-refractivity contribution in [1.29, 1.82) is 0 Å². The number of amides is 1. The Kier molecular flexibility index (Phi) is 4.85. The number of rotatable bonds is 5. The quantitative estimate of drug-likeness (QED) is 0.498. The fraction of sp³-hybridized carbons (Fsp3) is 0.0909. The van der Waals surface area contributed by atoms with E-state index in [1.807, 2.05) is 54.7 Å². The average molecular weight is 374 g/mol. The number of nitrogens with zero attached hydrogens (tertiary/aromatic N) is 1. The molecule has 0 atom stereocenters. The maximum absolute atomic E-state index is 12.6. The number of carbonyl (C=O) groups excluding carboxylic acids is 1. The first-order valence-electron chi connectivity index (χ1n) is 8.65. The van der Waals surface area contributed by atoms with Crippen LogP contribution in [-0.2, 0) is 6.42 Å². The second-order valence-electron chi connectivity index (χ2n) is 6.19. The third kappa shape index (κ3) is 3.99. The van der Waals surface area contributed by atoms with Gasteiger partial charge in [0.2, 0.25) is 0 Å². The van der Waals surface area contributed by atoms with Crippen molar-refractivity contribution in [1.82, 2.24) is 4.98 Å². The number of hydrogen-bond donors (Lipinski definition) is 1. The van der Waals surface area contributed by atoms with Crippen molar-refractivity contribution in [2.24, 2.45) is 0 Å². The maximum Gasteiger partial charge on any atom is 0.261 e. The lowest BCUT2D eigenvalue weighted by Crippen LogP contribution is -2.11. The van der Waals surface area contributed by atoms with Crippen LogP contribution in [0.4, 0.5) is 5.13 Å². The molecule has 27 heavy (non-hydrogen) atoms. The van der Waals surface area contributed by atoms with Gasteiger partial charge in [-0.25, -0.2) is 4.98 Å². The van der Waals surface area contributed by atoms with Crippen molar-refractivity contribution in [3.8, 4) is 11.3 Å². The number of aryl methyl sites for hydroxylation is 1. The molecular formula is C22H18N2O2S. The fourth-order valence-electron chi connectivity index (χ4n) is 2.86. The van der Waals surface area contributed by atoms with Crippen LogP contribution in [0.3, 0.4) is 0 Å². The van der Waals surface area contributed by atoms with Gasteiger partial charge in [-0.1, -0.05) is 60.7 Å². The predicted octanol–water partition coefficient (Wildman–Crippen LogP) is 5.55. The molecule has 2 aromatic heterocycles. The summed E-state index contributed by atoms with van der Waals surface area (Å²) < 4.78 is 5.77. The van der Waals surface area contributed by atoms with E-state index in [4.69, 9.17) is 4.42 Å². The highest BCUT2D eigenvalue weighted by molar-refractivity contribution is 7.15. The van der Waals surface area contributed by atoms with Gasteiger partial charge in [0.05, 0.1) is 5.56 Å². The van der Waals surface area contributed by atoms with E-state index in [0.29, 0.717) is 22.2 Å².